The highest BCUT2D eigenvalue weighted by Crippen LogP contribution is 2.29. The molecule has 0 atom stereocenters. The molecule has 0 aliphatic carbocycles. The summed E-state index contributed by atoms with van der Waals surface area (Å²) in [6.07, 6.45) is 1.68. The maximum atomic E-state index is 13.9. The molecule has 0 aliphatic rings. The van der Waals surface area contributed by atoms with Crippen LogP contribution in [0.5, 0.6) is 0 Å². The van der Waals surface area contributed by atoms with Crippen LogP contribution >= 0.6 is 0 Å². The Hall–Kier alpha value is -2.70. The lowest BCUT2D eigenvalue weighted by atomic mass is 10.2. The molecule has 0 fully saturated rings. The molecule has 0 saturated heterocycles. The largest absolute Gasteiger partial charge is 0.391 e. The lowest BCUT2D eigenvalue weighted by molar-refractivity contribution is -0.384. The Morgan fingerprint density at radius 2 is 2.15 bits per heavy atom. The van der Waals surface area contributed by atoms with Gasteiger partial charge in [0.05, 0.1) is 10.6 Å². The monoisotopic (exact) mass is 276 g/mol. The van der Waals surface area contributed by atoms with Crippen molar-refractivity contribution >= 4 is 17.1 Å². The van der Waals surface area contributed by atoms with Gasteiger partial charge in [-0.1, -0.05) is 6.07 Å². The first kappa shape index (κ1) is 13.7. The van der Waals surface area contributed by atoms with E-state index in [4.69, 9.17) is 5.73 Å². The first-order valence-corrected chi connectivity index (χ1v) is 5.87. The number of hydrogen-bond donors (Lipinski definition) is 2. The lowest BCUT2D eigenvalue weighted by Crippen LogP contribution is -2.05. The summed E-state index contributed by atoms with van der Waals surface area (Å²) in [7, 11) is 0. The Kier molecular flexibility index (Phi) is 3.79. The number of pyridine rings is 1. The van der Waals surface area contributed by atoms with Crippen molar-refractivity contribution in [1.82, 2.24) is 4.98 Å². The van der Waals surface area contributed by atoms with E-state index in [0.717, 1.165) is 11.3 Å². The van der Waals surface area contributed by atoms with E-state index in [9.17, 15) is 14.5 Å². The van der Waals surface area contributed by atoms with Crippen molar-refractivity contribution in [2.75, 3.05) is 11.1 Å². The van der Waals surface area contributed by atoms with Crippen LogP contribution < -0.4 is 11.1 Å². The van der Waals surface area contributed by atoms with Crippen molar-refractivity contribution in [3.05, 3.63) is 57.7 Å². The van der Waals surface area contributed by atoms with Crippen molar-refractivity contribution in [3.63, 3.8) is 0 Å². The molecule has 0 aliphatic heterocycles. The van der Waals surface area contributed by atoms with E-state index in [0.29, 0.717) is 6.54 Å². The predicted molar refractivity (Wildman–Crippen MR) is 73.8 cm³/mol. The number of rotatable bonds is 4. The molecule has 0 saturated carbocycles. The highest BCUT2D eigenvalue weighted by Gasteiger charge is 2.18. The second-order valence-electron chi connectivity index (χ2n) is 4.28. The average Bonchev–Trinajstić information content (AvgIpc) is 2.42. The fourth-order valence-electron chi connectivity index (χ4n) is 1.68. The van der Waals surface area contributed by atoms with Gasteiger partial charge in [0, 0.05) is 24.5 Å². The predicted octanol–water partition coefficient (Wildman–Crippen LogP) is 2.63. The van der Waals surface area contributed by atoms with Gasteiger partial charge >= 0.3 is 0 Å². The molecule has 20 heavy (non-hydrogen) atoms. The van der Waals surface area contributed by atoms with Gasteiger partial charge in [-0.15, -0.1) is 0 Å². The number of halogens is 1. The van der Waals surface area contributed by atoms with Crippen LogP contribution in [-0.4, -0.2) is 9.91 Å². The minimum atomic E-state index is -0.820. The molecule has 2 rings (SSSR count). The van der Waals surface area contributed by atoms with Crippen LogP contribution in [0.25, 0.3) is 0 Å². The third-order valence-electron chi connectivity index (χ3n) is 2.81. The Morgan fingerprint density at radius 1 is 1.40 bits per heavy atom. The summed E-state index contributed by atoms with van der Waals surface area (Å²) < 4.78 is 13.9. The van der Waals surface area contributed by atoms with Crippen LogP contribution in [0.2, 0.25) is 0 Å². The van der Waals surface area contributed by atoms with E-state index >= 15 is 0 Å². The van der Waals surface area contributed by atoms with Gasteiger partial charge < -0.3 is 11.1 Å². The number of nitrogens with one attached hydrogen (secondary N) is 1. The van der Waals surface area contributed by atoms with Crippen LogP contribution in [0.1, 0.15) is 11.3 Å². The fourth-order valence-corrected chi connectivity index (χ4v) is 1.68. The zero-order chi connectivity index (χ0) is 14.7. The first-order chi connectivity index (χ1) is 9.49. The molecular weight excluding hydrogens is 263 g/mol. The molecule has 0 bridgehead atoms. The molecular formula is C13H13FN4O2. The Bertz CT molecular complexity index is 644. The summed E-state index contributed by atoms with van der Waals surface area (Å²) in [5.41, 5.74) is 6.37. The molecule has 104 valence electrons. The number of aromatic nitrogens is 1. The van der Waals surface area contributed by atoms with E-state index < -0.39 is 22.1 Å². The number of hydrogen-bond acceptors (Lipinski definition) is 5. The number of nitrogens with two attached hydrogens (primary N) is 1. The quantitative estimate of drug-likeness (QED) is 0.508. The second kappa shape index (κ2) is 5.52. The SMILES string of the molecule is Cc1ccc(CNc2ccc([N+](=O)[O-])c(N)c2F)cn1. The van der Waals surface area contributed by atoms with Gasteiger partial charge in [0.25, 0.3) is 5.69 Å². The number of nitrogen functional groups attached to an aromatic ring is 1. The standard InChI is InChI=1S/C13H13FN4O2/c1-8-2-3-9(6-16-8)7-17-10-4-5-11(18(19)20)13(15)12(10)14/h2-6,17H,7,15H2,1H3. The van der Waals surface area contributed by atoms with Crippen molar-refractivity contribution in [1.29, 1.82) is 0 Å². The van der Waals surface area contributed by atoms with Crippen LogP contribution in [-0.2, 0) is 6.54 Å². The number of nitro benzene ring substituents is 1. The summed E-state index contributed by atoms with van der Waals surface area (Å²) in [6.45, 7) is 2.22. The summed E-state index contributed by atoms with van der Waals surface area (Å²) in [6, 6.07) is 6.18. The maximum absolute atomic E-state index is 13.9. The smallest absolute Gasteiger partial charge is 0.295 e. The summed E-state index contributed by atoms with van der Waals surface area (Å²) in [5.74, 6) is -0.820. The van der Waals surface area contributed by atoms with Gasteiger partial charge in [-0.3, -0.25) is 15.1 Å². The molecule has 0 spiro atoms. The maximum Gasteiger partial charge on any atom is 0.295 e. The van der Waals surface area contributed by atoms with Gasteiger partial charge in [-0.05, 0) is 24.6 Å². The van der Waals surface area contributed by atoms with Gasteiger partial charge in [0.15, 0.2) is 5.82 Å². The summed E-state index contributed by atoms with van der Waals surface area (Å²) in [4.78, 5) is 14.0. The number of aryl methyl sites for hydroxylation is 1. The van der Waals surface area contributed by atoms with E-state index in [-0.39, 0.29) is 5.69 Å². The number of nitro groups is 1. The molecule has 2 aromatic rings. The summed E-state index contributed by atoms with van der Waals surface area (Å²) in [5, 5.41) is 13.5. The van der Waals surface area contributed by atoms with Crippen LogP contribution in [0.4, 0.5) is 21.5 Å². The third kappa shape index (κ3) is 2.82. The number of nitrogens with zero attached hydrogens (tertiary/aromatic N) is 2. The molecule has 6 nitrogen and oxygen atoms in total. The first-order valence-electron chi connectivity index (χ1n) is 5.87. The lowest BCUT2D eigenvalue weighted by Gasteiger charge is -2.09. The van der Waals surface area contributed by atoms with Crippen LogP contribution in [0.15, 0.2) is 30.5 Å². The van der Waals surface area contributed by atoms with Crippen molar-refractivity contribution in [2.45, 2.75) is 13.5 Å². The molecule has 1 aromatic heterocycles. The van der Waals surface area contributed by atoms with Crippen molar-refractivity contribution in [2.24, 2.45) is 0 Å². The number of benzene rings is 1. The second-order valence-corrected chi connectivity index (χ2v) is 4.28. The van der Waals surface area contributed by atoms with Crippen molar-refractivity contribution in [3.8, 4) is 0 Å². The van der Waals surface area contributed by atoms with Crippen LogP contribution in [0.3, 0.4) is 0 Å². The van der Waals surface area contributed by atoms with E-state index in [2.05, 4.69) is 10.3 Å². The molecule has 0 amide bonds. The van der Waals surface area contributed by atoms with Gasteiger partial charge in [0.2, 0.25) is 0 Å². The molecule has 0 unspecified atom stereocenters. The number of anilines is 2. The Balaban J connectivity index is 2.16. The summed E-state index contributed by atoms with van der Waals surface area (Å²) >= 11 is 0. The molecule has 0 radical (unpaired) electrons. The minimum absolute atomic E-state index is 0.119. The highest BCUT2D eigenvalue weighted by molar-refractivity contribution is 5.67. The zero-order valence-electron chi connectivity index (χ0n) is 10.8. The Morgan fingerprint density at radius 3 is 2.75 bits per heavy atom. The van der Waals surface area contributed by atoms with Crippen molar-refractivity contribution < 1.29 is 9.31 Å². The zero-order valence-corrected chi connectivity index (χ0v) is 10.8. The minimum Gasteiger partial charge on any atom is -0.391 e. The van der Waals surface area contributed by atoms with E-state index in [1.807, 2.05) is 19.1 Å². The van der Waals surface area contributed by atoms with E-state index in [1.54, 1.807) is 6.20 Å². The van der Waals surface area contributed by atoms with E-state index in [1.165, 1.54) is 12.1 Å². The third-order valence-corrected chi connectivity index (χ3v) is 2.81. The van der Waals surface area contributed by atoms with Crippen LogP contribution in [0, 0.1) is 22.9 Å². The van der Waals surface area contributed by atoms with Gasteiger partial charge in [-0.25, -0.2) is 4.39 Å². The molecule has 7 heteroatoms. The Labute approximate surface area is 114 Å². The fraction of sp³-hybridized carbons (Fsp3) is 0.154. The van der Waals surface area contributed by atoms with Gasteiger partial charge in [0.1, 0.15) is 5.69 Å². The normalized spacial score (nSPS) is 10.3. The highest BCUT2D eigenvalue weighted by atomic mass is 19.1. The topological polar surface area (TPSA) is 94.1 Å². The average molecular weight is 276 g/mol. The molecule has 1 aromatic carbocycles. The van der Waals surface area contributed by atoms with Gasteiger partial charge in [-0.2, -0.15) is 0 Å². The molecule has 3 N–H and O–H groups in total. The molecule has 1 heterocycles.